The molecule has 0 radical (unpaired) electrons. The quantitative estimate of drug-likeness (QED) is 0.319. The van der Waals surface area contributed by atoms with Gasteiger partial charge in [0.25, 0.3) is 0 Å². The number of rotatable bonds is 5. The van der Waals surface area contributed by atoms with Gasteiger partial charge in [0.15, 0.2) is 5.84 Å². The van der Waals surface area contributed by atoms with Gasteiger partial charge < -0.3 is 20.9 Å². The summed E-state index contributed by atoms with van der Waals surface area (Å²) in [5.41, 5.74) is 8.32. The first-order chi connectivity index (χ1) is 8.52. The van der Waals surface area contributed by atoms with Crippen LogP contribution in [0.3, 0.4) is 0 Å². The Labute approximate surface area is 108 Å². The number of nitrogens with two attached hydrogens (primary N) is 1. The van der Waals surface area contributed by atoms with Gasteiger partial charge in [0.2, 0.25) is 0 Å². The van der Waals surface area contributed by atoms with Crippen LogP contribution in [-0.2, 0) is 0 Å². The van der Waals surface area contributed by atoms with Crippen molar-refractivity contribution in [2.75, 3.05) is 18.1 Å². The summed E-state index contributed by atoms with van der Waals surface area (Å²) in [6.45, 7) is 6.61. The van der Waals surface area contributed by atoms with Crippen molar-refractivity contribution in [2.24, 2.45) is 10.9 Å². The highest BCUT2D eigenvalue weighted by molar-refractivity contribution is 6.02. The Morgan fingerprint density at radius 2 is 2.11 bits per heavy atom. The van der Waals surface area contributed by atoms with Crippen LogP contribution in [0.2, 0.25) is 0 Å². The molecular formula is C13H21N3O2. The lowest BCUT2D eigenvalue weighted by atomic mass is 10.0. The van der Waals surface area contributed by atoms with E-state index in [0.29, 0.717) is 12.1 Å². The van der Waals surface area contributed by atoms with Crippen LogP contribution in [0.4, 0.5) is 5.69 Å². The van der Waals surface area contributed by atoms with E-state index < -0.39 is 0 Å². The van der Waals surface area contributed by atoms with Gasteiger partial charge >= 0.3 is 0 Å². The van der Waals surface area contributed by atoms with Crippen LogP contribution in [0.15, 0.2) is 23.4 Å². The fraction of sp³-hybridized carbons (Fsp3) is 0.462. The van der Waals surface area contributed by atoms with Gasteiger partial charge in [-0.15, -0.1) is 0 Å². The van der Waals surface area contributed by atoms with Crippen LogP contribution in [0.5, 0.6) is 0 Å². The van der Waals surface area contributed by atoms with Crippen molar-refractivity contribution in [3.63, 3.8) is 0 Å². The minimum absolute atomic E-state index is 0.0577. The van der Waals surface area contributed by atoms with Crippen LogP contribution in [0.25, 0.3) is 0 Å². The number of amidine groups is 1. The van der Waals surface area contributed by atoms with E-state index in [9.17, 15) is 5.11 Å². The molecule has 0 saturated carbocycles. The molecule has 5 heteroatoms. The van der Waals surface area contributed by atoms with Gasteiger partial charge in [-0.1, -0.05) is 17.3 Å². The van der Waals surface area contributed by atoms with Crippen molar-refractivity contribution < 1.29 is 10.3 Å². The summed E-state index contributed by atoms with van der Waals surface area (Å²) in [5.74, 6) is 0.0808. The van der Waals surface area contributed by atoms with Gasteiger partial charge in [-0.05, 0) is 32.4 Å². The maximum Gasteiger partial charge on any atom is 0.172 e. The van der Waals surface area contributed by atoms with Gasteiger partial charge in [0.05, 0.1) is 12.3 Å². The Morgan fingerprint density at radius 3 is 2.61 bits per heavy atom. The van der Waals surface area contributed by atoms with Crippen molar-refractivity contribution in [3.05, 3.63) is 29.3 Å². The second kappa shape index (κ2) is 6.26. The van der Waals surface area contributed by atoms with Crippen molar-refractivity contribution >= 4 is 11.5 Å². The van der Waals surface area contributed by atoms with Crippen molar-refractivity contribution in [1.29, 1.82) is 0 Å². The molecule has 1 rings (SSSR count). The first-order valence-electron chi connectivity index (χ1n) is 5.98. The molecule has 5 nitrogen and oxygen atoms in total. The molecule has 1 aromatic rings. The second-order valence-corrected chi connectivity index (χ2v) is 4.47. The molecule has 0 unspecified atom stereocenters. The summed E-state index contributed by atoms with van der Waals surface area (Å²) < 4.78 is 0. The fourth-order valence-corrected chi connectivity index (χ4v) is 2.04. The zero-order valence-corrected chi connectivity index (χ0v) is 11.1. The van der Waals surface area contributed by atoms with Crippen LogP contribution in [0.1, 0.15) is 25.0 Å². The third kappa shape index (κ3) is 2.92. The molecular weight excluding hydrogens is 230 g/mol. The van der Waals surface area contributed by atoms with E-state index in [1.165, 1.54) is 0 Å². The number of aliphatic hydroxyl groups excluding tert-OH is 1. The van der Waals surface area contributed by atoms with Gasteiger partial charge in [-0.2, -0.15) is 0 Å². The van der Waals surface area contributed by atoms with Gasteiger partial charge in [-0.25, -0.2) is 0 Å². The van der Waals surface area contributed by atoms with Crippen LogP contribution >= 0.6 is 0 Å². The Bertz CT molecular complexity index is 430. The van der Waals surface area contributed by atoms with E-state index in [4.69, 9.17) is 10.9 Å². The molecule has 0 saturated heterocycles. The second-order valence-electron chi connectivity index (χ2n) is 4.47. The van der Waals surface area contributed by atoms with Crippen LogP contribution < -0.4 is 10.6 Å². The minimum atomic E-state index is 0.0577. The average molecular weight is 251 g/mol. The Hall–Kier alpha value is -1.75. The molecule has 0 aliphatic carbocycles. The highest BCUT2D eigenvalue weighted by Crippen LogP contribution is 2.26. The molecule has 0 aliphatic rings. The van der Waals surface area contributed by atoms with Gasteiger partial charge in [-0.3, -0.25) is 0 Å². The average Bonchev–Trinajstić information content (AvgIpc) is 2.35. The first-order valence-corrected chi connectivity index (χ1v) is 5.98. The molecule has 0 atom stereocenters. The maximum atomic E-state index is 9.17. The molecule has 18 heavy (non-hydrogen) atoms. The zero-order valence-electron chi connectivity index (χ0n) is 11.1. The molecule has 0 spiro atoms. The highest BCUT2D eigenvalue weighted by atomic mass is 16.4. The molecule has 0 fully saturated rings. The largest absolute Gasteiger partial charge is 0.409 e. The van der Waals surface area contributed by atoms with Crippen molar-refractivity contribution in [1.82, 2.24) is 0 Å². The van der Waals surface area contributed by atoms with Crippen molar-refractivity contribution in [3.8, 4) is 0 Å². The van der Waals surface area contributed by atoms with E-state index in [1.54, 1.807) is 0 Å². The number of aryl methyl sites for hydroxylation is 1. The minimum Gasteiger partial charge on any atom is -0.409 e. The predicted octanol–water partition coefficient (Wildman–Crippen LogP) is 1.30. The monoisotopic (exact) mass is 251 g/mol. The van der Waals surface area contributed by atoms with Gasteiger partial charge in [0, 0.05) is 18.2 Å². The lowest BCUT2D eigenvalue weighted by molar-refractivity contribution is 0.299. The number of para-hydroxylation sites is 1. The fourth-order valence-electron chi connectivity index (χ4n) is 2.04. The third-order valence-electron chi connectivity index (χ3n) is 2.87. The molecule has 1 aromatic carbocycles. The summed E-state index contributed by atoms with van der Waals surface area (Å²) in [6, 6.07) is 5.85. The molecule has 0 amide bonds. The van der Waals surface area contributed by atoms with E-state index >= 15 is 0 Å². The number of oxime groups is 1. The van der Waals surface area contributed by atoms with Crippen molar-refractivity contribution in [2.45, 2.75) is 26.8 Å². The first kappa shape index (κ1) is 14.3. The number of hydrogen-bond donors (Lipinski definition) is 3. The van der Waals surface area contributed by atoms with Crippen LogP contribution in [0, 0.1) is 6.92 Å². The molecule has 0 heterocycles. The summed E-state index contributed by atoms with van der Waals surface area (Å²) in [6.07, 6.45) is 0. The summed E-state index contributed by atoms with van der Waals surface area (Å²) >= 11 is 0. The Balaban J connectivity index is 3.35. The summed E-state index contributed by atoms with van der Waals surface area (Å²) in [4.78, 5) is 2.04. The van der Waals surface area contributed by atoms with E-state index in [-0.39, 0.29) is 18.5 Å². The number of hydrogen-bond acceptors (Lipinski definition) is 4. The molecule has 0 aliphatic heterocycles. The molecule has 0 bridgehead atoms. The Kier molecular flexibility index (Phi) is 4.97. The predicted molar refractivity (Wildman–Crippen MR) is 73.3 cm³/mol. The van der Waals surface area contributed by atoms with E-state index in [0.717, 1.165) is 11.3 Å². The Morgan fingerprint density at radius 1 is 1.44 bits per heavy atom. The zero-order chi connectivity index (χ0) is 13.7. The molecule has 100 valence electrons. The van der Waals surface area contributed by atoms with E-state index in [2.05, 4.69) is 5.16 Å². The lowest BCUT2D eigenvalue weighted by Crippen LogP contribution is -2.36. The number of anilines is 1. The molecule has 4 N–H and O–H groups in total. The smallest absolute Gasteiger partial charge is 0.172 e. The molecule has 0 aromatic heterocycles. The number of benzene rings is 1. The normalized spacial score (nSPS) is 11.9. The topological polar surface area (TPSA) is 82.1 Å². The standard InChI is InChI=1S/C13H21N3O2/c1-9(2)16(7-8-17)12-10(3)5-4-6-11(12)13(14)15-18/h4-6,9,17-18H,7-8H2,1-3H3,(H2,14,15). The SMILES string of the molecule is Cc1cccc(/C(N)=N/O)c1N(CCO)C(C)C. The van der Waals surface area contributed by atoms with E-state index in [1.807, 2.05) is 43.9 Å². The number of aliphatic hydroxyl groups is 1. The van der Waals surface area contributed by atoms with Crippen LogP contribution in [-0.4, -0.2) is 35.3 Å². The maximum absolute atomic E-state index is 9.17. The summed E-state index contributed by atoms with van der Waals surface area (Å²) in [5, 5.41) is 21.1. The lowest BCUT2D eigenvalue weighted by Gasteiger charge is -2.31. The number of nitrogens with zero attached hydrogens (tertiary/aromatic N) is 2. The highest BCUT2D eigenvalue weighted by Gasteiger charge is 2.18. The van der Waals surface area contributed by atoms with Gasteiger partial charge in [0.1, 0.15) is 0 Å². The third-order valence-corrected chi connectivity index (χ3v) is 2.87. The summed E-state index contributed by atoms with van der Waals surface area (Å²) in [7, 11) is 0.